The third kappa shape index (κ3) is 5.85. The molecule has 1 aromatic carbocycles. The summed E-state index contributed by atoms with van der Waals surface area (Å²) in [5, 5.41) is 0.0129. The number of nitrogens with zero attached hydrogens (tertiary/aromatic N) is 1. The van der Waals surface area contributed by atoms with E-state index in [1.807, 2.05) is 13.8 Å². The summed E-state index contributed by atoms with van der Waals surface area (Å²) in [5.41, 5.74) is 3.45. The van der Waals surface area contributed by atoms with E-state index in [0.29, 0.717) is 31.6 Å². The molecule has 0 radical (unpaired) electrons. The van der Waals surface area contributed by atoms with E-state index in [4.69, 9.17) is 23.6 Å². The van der Waals surface area contributed by atoms with Crippen LogP contribution in [0.1, 0.15) is 119 Å². The van der Waals surface area contributed by atoms with E-state index >= 15 is 0 Å². The molecular weight excluding hydrogens is 571 g/mol. The average Bonchev–Trinajstić information content (AvgIpc) is 3.20. The fourth-order valence-corrected chi connectivity index (χ4v) is 7.97. The van der Waals surface area contributed by atoms with Gasteiger partial charge in [-0.3, -0.25) is 4.98 Å². The predicted molar refractivity (Wildman–Crippen MR) is 163 cm³/mol. The van der Waals surface area contributed by atoms with E-state index in [9.17, 15) is 13.2 Å². The molecule has 2 atom stereocenters. The normalized spacial score (nSPS) is 23.7. The van der Waals surface area contributed by atoms with Crippen LogP contribution >= 0.6 is 0 Å². The van der Waals surface area contributed by atoms with Gasteiger partial charge in [0.05, 0.1) is 23.0 Å². The highest BCUT2D eigenvalue weighted by Gasteiger charge is 2.54. The number of methoxy groups -OCH3 is 1. The fraction of sp³-hybridized carbons (Fsp3) is 0.676. The Morgan fingerprint density at radius 3 is 2.09 bits per heavy atom. The highest BCUT2D eigenvalue weighted by Crippen LogP contribution is 2.59. The standard InChI is InChI=1S/C34H48F3NO4Si/c1-30(2,3)43(9,10)42-24-20-31(4,5)19-23-25(24)27-26(29(38-23)32(6,7)39-8)28(41-33(27)15-17-40-18-16-33)21-11-13-22(14-12-21)34(35,36)37/h11-14,24,28H,15-20H2,1-10H3/t24-,28+/m0/s1. The lowest BCUT2D eigenvalue weighted by atomic mass is 9.69. The van der Waals surface area contributed by atoms with Gasteiger partial charge in [-0.05, 0) is 73.5 Å². The first kappa shape index (κ1) is 32.6. The van der Waals surface area contributed by atoms with Crippen molar-refractivity contribution in [3.05, 3.63) is 63.5 Å². The van der Waals surface area contributed by atoms with Gasteiger partial charge in [-0.15, -0.1) is 0 Å². The van der Waals surface area contributed by atoms with Crippen LogP contribution in [0.4, 0.5) is 13.2 Å². The second-order valence-corrected chi connectivity index (χ2v) is 20.2. The number of aromatic nitrogens is 1. The summed E-state index contributed by atoms with van der Waals surface area (Å²) in [4.78, 5) is 5.40. The van der Waals surface area contributed by atoms with Crippen molar-refractivity contribution in [1.29, 1.82) is 0 Å². The Kier molecular flexibility index (Phi) is 8.07. The summed E-state index contributed by atoms with van der Waals surface area (Å²) in [6.45, 7) is 21.0. The highest BCUT2D eigenvalue weighted by molar-refractivity contribution is 6.74. The number of alkyl halides is 3. The predicted octanol–water partition coefficient (Wildman–Crippen LogP) is 9.14. The third-order valence-corrected chi connectivity index (χ3v) is 14.8. The van der Waals surface area contributed by atoms with Gasteiger partial charge in [0.25, 0.3) is 0 Å². The molecule has 1 spiro atoms. The summed E-state index contributed by atoms with van der Waals surface area (Å²) < 4.78 is 66.8. The molecule has 2 aromatic rings. The van der Waals surface area contributed by atoms with E-state index in [1.165, 1.54) is 0 Å². The summed E-state index contributed by atoms with van der Waals surface area (Å²) in [6, 6.07) is 5.38. The summed E-state index contributed by atoms with van der Waals surface area (Å²) in [6.07, 6.45) is -2.24. The van der Waals surface area contributed by atoms with Gasteiger partial charge >= 0.3 is 6.18 Å². The van der Waals surface area contributed by atoms with Crippen LogP contribution < -0.4 is 0 Å². The number of hydrogen-bond donors (Lipinski definition) is 0. The van der Waals surface area contributed by atoms with Gasteiger partial charge in [0.15, 0.2) is 8.32 Å². The van der Waals surface area contributed by atoms with Crippen molar-refractivity contribution in [3.8, 4) is 0 Å². The Hall–Kier alpha value is -1.78. The lowest BCUT2D eigenvalue weighted by Crippen LogP contribution is -2.45. The van der Waals surface area contributed by atoms with Gasteiger partial charge in [0, 0.05) is 50.0 Å². The van der Waals surface area contributed by atoms with E-state index in [1.54, 1.807) is 19.2 Å². The first-order valence-corrected chi connectivity index (χ1v) is 18.4. The minimum absolute atomic E-state index is 0.0129. The van der Waals surface area contributed by atoms with E-state index in [0.717, 1.165) is 53.1 Å². The number of halogens is 3. The Balaban J connectivity index is 1.81. The van der Waals surface area contributed by atoms with Gasteiger partial charge in [-0.25, -0.2) is 0 Å². The molecular formula is C34H48F3NO4Si. The van der Waals surface area contributed by atoms with Crippen molar-refractivity contribution in [1.82, 2.24) is 4.98 Å². The maximum absolute atomic E-state index is 13.5. The molecule has 1 aliphatic carbocycles. The van der Waals surface area contributed by atoms with E-state index < -0.39 is 37.4 Å². The zero-order valence-electron chi connectivity index (χ0n) is 27.4. The van der Waals surface area contributed by atoms with Crippen molar-refractivity contribution in [2.24, 2.45) is 5.41 Å². The maximum atomic E-state index is 13.5. The smallest absolute Gasteiger partial charge is 0.410 e. The quantitative estimate of drug-likeness (QED) is 0.313. The molecule has 238 valence electrons. The average molecular weight is 620 g/mol. The van der Waals surface area contributed by atoms with Crippen LogP contribution in [0.25, 0.3) is 0 Å². The van der Waals surface area contributed by atoms with E-state index in [2.05, 4.69) is 47.7 Å². The molecule has 0 saturated carbocycles. The molecule has 2 aliphatic heterocycles. The van der Waals surface area contributed by atoms with Crippen LogP contribution in [0.5, 0.6) is 0 Å². The zero-order chi connectivity index (χ0) is 31.8. The number of benzene rings is 1. The second-order valence-electron chi connectivity index (χ2n) is 15.5. The Labute approximate surface area is 256 Å². The molecule has 5 nitrogen and oxygen atoms in total. The van der Waals surface area contributed by atoms with Crippen molar-refractivity contribution in [2.75, 3.05) is 20.3 Å². The molecule has 5 rings (SSSR count). The fourth-order valence-electron chi connectivity index (χ4n) is 6.70. The molecule has 0 amide bonds. The van der Waals surface area contributed by atoms with Gasteiger partial charge in [-0.2, -0.15) is 13.2 Å². The van der Waals surface area contributed by atoms with Crippen molar-refractivity contribution in [3.63, 3.8) is 0 Å². The molecule has 1 fully saturated rings. The number of hydrogen-bond acceptors (Lipinski definition) is 5. The SMILES string of the molecule is COC(C)(C)c1nc2c(c3c1[C@@H](c1ccc(C(F)(F)F)cc1)OC31CCOCC1)[C@@H](O[Si](C)(C)C(C)(C)C)CC(C)(C)C2. The third-order valence-electron chi connectivity index (χ3n) is 10.3. The summed E-state index contributed by atoms with van der Waals surface area (Å²) >= 11 is 0. The molecule has 43 heavy (non-hydrogen) atoms. The maximum Gasteiger partial charge on any atom is 0.416 e. The zero-order valence-corrected chi connectivity index (χ0v) is 28.4. The largest absolute Gasteiger partial charge is 0.416 e. The molecule has 0 N–H and O–H groups in total. The number of fused-ring (bicyclic) bond motifs is 4. The van der Waals surface area contributed by atoms with Crippen LogP contribution in [0.3, 0.4) is 0 Å². The molecule has 9 heteroatoms. The van der Waals surface area contributed by atoms with Crippen LogP contribution in [-0.4, -0.2) is 33.6 Å². The van der Waals surface area contributed by atoms with Crippen molar-refractivity contribution >= 4 is 8.32 Å². The van der Waals surface area contributed by atoms with Crippen LogP contribution in [0.15, 0.2) is 24.3 Å². The van der Waals surface area contributed by atoms with Gasteiger partial charge in [-0.1, -0.05) is 46.8 Å². The molecule has 1 aromatic heterocycles. The van der Waals surface area contributed by atoms with Crippen LogP contribution in [0, 0.1) is 5.41 Å². The molecule has 3 aliphatic rings. The second kappa shape index (κ2) is 10.6. The number of ether oxygens (including phenoxy) is 3. The van der Waals surface area contributed by atoms with Crippen molar-refractivity contribution in [2.45, 2.75) is 122 Å². The van der Waals surface area contributed by atoms with Gasteiger partial charge < -0.3 is 18.6 Å². The minimum Gasteiger partial charge on any atom is -0.410 e. The van der Waals surface area contributed by atoms with Crippen LogP contribution in [-0.2, 0) is 42.4 Å². The molecule has 3 heterocycles. The highest BCUT2D eigenvalue weighted by atomic mass is 28.4. The van der Waals surface area contributed by atoms with Crippen LogP contribution in [0.2, 0.25) is 18.1 Å². The monoisotopic (exact) mass is 619 g/mol. The summed E-state index contributed by atoms with van der Waals surface area (Å²) in [5.74, 6) is 0. The lowest BCUT2D eigenvalue weighted by Gasteiger charge is -2.46. The Morgan fingerprint density at radius 2 is 1.56 bits per heavy atom. The Bertz CT molecular complexity index is 1360. The van der Waals surface area contributed by atoms with Crippen molar-refractivity contribution < 1.29 is 31.8 Å². The topological polar surface area (TPSA) is 49.8 Å². The summed E-state index contributed by atoms with van der Waals surface area (Å²) in [7, 11) is -0.529. The number of rotatable bonds is 5. The Morgan fingerprint density at radius 1 is 0.953 bits per heavy atom. The molecule has 0 unspecified atom stereocenters. The first-order chi connectivity index (χ1) is 19.7. The number of pyridine rings is 1. The molecule has 1 saturated heterocycles. The van der Waals surface area contributed by atoms with Gasteiger partial charge in [0.1, 0.15) is 11.7 Å². The van der Waals surface area contributed by atoms with Gasteiger partial charge in [0.2, 0.25) is 0 Å². The first-order valence-electron chi connectivity index (χ1n) is 15.4. The molecule has 0 bridgehead atoms. The minimum atomic E-state index is -4.42. The van der Waals surface area contributed by atoms with E-state index in [-0.39, 0.29) is 16.6 Å². The lowest BCUT2D eigenvalue weighted by molar-refractivity contribution is -0.137.